The van der Waals surface area contributed by atoms with Gasteiger partial charge in [0, 0.05) is 31.1 Å². The fourth-order valence-corrected chi connectivity index (χ4v) is 5.24. The van der Waals surface area contributed by atoms with Gasteiger partial charge in [0.15, 0.2) is 0 Å². The van der Waals surface area contributed by atoms with Crippen molar-refractivity contribution in [3.8, 4) is 0 Å². The third-order valence-electron chi connectivity index (χ3n) is 6.96. The van der Waals surface area contributed by atoms with Gasteiger partial charge >= 0.3 is 0 Å². The van der Waals surface area contributed by atoms with Crippen molar-refractivity contribution in [1.82, 2.24) is 15.1 Å². The van der Waals surface area contributed by atoms with Crippen LogP contribution in [-0.4, -0.2) is 57.7 Å². The van der Waals surface area contributed by atoms with Gasteiger partial charge in [0.25, 0.3) is 11.8 Å². The molecule has 3 aliphatic heterocycles. The van der Waals surface area contributed by atoms with Gasteiger partial charge < -0.3 is 5.11 Å². The Hall–Kier alpha value is -3.07. The third-order valence-corrected chi connectivity index (χ3v) is 7.19. The maximum absolute atomic E-state index is 13.1. The average molecular weight is 482 g/mol. The molecule has 176 valence electrons. The van der Waals surface area contributed by atoms with E-state index in [9.17, 15) is 24.3 Å². The van der Waals surface area contributed by atoms with Crippen molar-refractivity contribution in [2.45, 2.75) is 43.9 Å². The Morgan fingerprint density at radius 2 is 1.74 bits per heavy atom. The molecule has 0 aromatic heterocycles. The summed E-state index contributed by atoms with van der Waals surface area (Å²) >= 11 is 6.08. The SMILES string of the molecule is O=C1CCC(N2C(=O)c3ccc(C4(O)CCN(Cc5cccc(Cl)c5)CC4)cc3C2=O)C(=O)N1. The van der Waals surface area contributed by atoms with Crippen LogP contribution in [-0.2, 0) is 21.7 Å². The van der Waals surface area contributed by atoms with Crippen LogP contribution in [0.5, 0.6) is 0 Å². The molecule has 0 aliphatic carbocycles. The summed E-state index contributed by atoms with van der Waals surface area (Å²) in [5, 5.41) is 14.3. The molecule has 8 nitrogen and oxygen atoms in total. The predicted molar refractivity (Wildman–Crippen MR) is 123 cm³/mol. The summed E-state index contributed by atoms with van der Waals surface area (Å²) in [7, 11) is 0. The monoisotopic (exact) mass is 481 g/mol. The first-order valence-electron chi connectivity index (χ1n) is 11.3. The number of carbonyl (C=O) groups excluding carboxylic acids is 4. The van der Waals surface area contributed by atoms with Gasteiger partial charge in [-0.2, -0.15) is 0 Å². The summed E-state index contributed by atoms with van der Waals surface area (Å²) in [4.78, 5) is 52.9. The minimum atomic E-state index is -1.12. The first kappa shape index (κ1) is 22.7. The van der Waals surface area contributed by atoms with Gasteiger partial charge in [-0.3, -0.25) is 34.3 Å². The number of hydrogen-bond acceptors (Lipinski definition) is 6. The van der Waals surface area contributed by atoms with Crippen LogP contribution < -0.4 is 5.32 Å². The lowest BCUT2D eigenvalue weighted by Gasteiger charge is -2.38. The third kappa shape index (κ3) is 4.02. The number of halogens is 1. The molecule has 0 saturated carbocycles. The predicted octanol–water partition coefficient (Wildman–Crippen LogP) is 2.22. The maximum Gasteiger partial charge on any atom is 0.262 e. The molecule has 0 bridgehead atoms. The van der Waals surface area contributed by atoms with Crippen molar-refractivity contribution in [3.05, 3.63) is 69.7 Å². The molecule has 2 N–H and O–H groups in total. The van der Waals surface area contributed by atoms with Crippen LogP contribution in [0.1, 0.15) is 57.5 Å². The summed E-state index contributed by atoms with van der Waals surface area (Å²) in [6, 6.07) is 11.5. The fraction of sp³-hybridized carbons (Fsp3) is 0.360. The molecule has 2 aromatic rings. The number of imide groups is 2. The van der Waals surface area contributed by atoms with E-state index in [0.29, 0.717) is 36.5 Å². The average Bonchev–Trinajstić information content (AvgIpc) is 3.05. The van der Waals surface area contributed by atoms with E-state index in [-0.39, 0.29) is 24.0 Å². The van der Waals surface area contributed by atoms with E-state index in [0.717, 1.165) is 17.0 Å². The van der Waals surface area contributed by atoms with Gasteiger partial charge in [-0.05, 0) is 54.7 Å². The molecule has 5 rings (SSSR count). The molecule has 1 unspecified atom stereocenters. The molecule has 3 heterocycles. The number of benzene rings is 2. The van der Waals surface area contributed by atoms with Crippen LogP contribution in [0.2, 0.25) is 5.02 Å². The van der Waals surface area contributed by atoms with Gasteiger partial charge in [-0.1, -0.05) is 29.8 Å². The number of piperidine rings is 2. The first-order valence-corrected chi connectivity index (χ1v) is 11.7. The number of nitrogens with zero attached hydrogens (tertiary/aromatic N) is 2. The zero-order valence-corrected chi connectivity index (χ0v) is 19.2. The standard InChI is InChI=1S/C25H24ClN3O5/c26-17-3-1-2-15(12-17)14-28-10-8-25(34,9-11-28)16-4-5-18-19(13-16)24(33)29(23(18)32)20-6-7-21(30)27-22(20)31/h1-5,12-13,20,34H,6-11,14H2,(H,27,30,31). The topological polar surface area (TPSA) is 107 Å². The number of hydrogen-bond donors (Lipinski definition) is 2. The van der Waals surface area contributed by atoms with Gasteiger partial charge in [-0.25, -0.2) is 0 Å². The summed E-state index contributed by atoms with van der Waals surface area (Å²) in [5.74, 6) is -2.18. The van der Waals surface area contributed by atoms with Crippen molar-refractivity contribution < 1.29 is 24.3 Å². The van der Waals surface area contributed by atoms with Gasteiger partial charge in [0.2, 0.25) is 11.8 Å². The zero-order chi connectivity index (χ0) is 24.0. The molecule has 2 saturated heterocycles. The summed E-state index contributed by atoms with van der Waals surface area (Å²) in [6.45, 7) is 2.06. The van der Waals surface area contributed by atoms with Crippen LogP contribution in [0.4, 0.5) is 0 Å². The molecule has 3 aliphatic rings. The highest BCUT2D eigenvalue weighted by Crippen LogP contribution is 2.36. The van der Waals surface area contributed by atoms with Crippen molar-refractivity contribution in [3.63, 3.8) is 0 Å². The van der Waals surface area contributed by atoms with E-state index >= 15 is 0 Å². The number of nitrogens with one attached hydrogen (secondary N) is 1. The van der Waals surface area contributed by atoms with Crippen molar-refractivity contribution in [2.75, 3.05) is 13.1 Å². The maximum atomic E-state index is 13.1. The van der Waals surface area contributed by atoms with Crippen LogP contribution in [0.3, 0.4) is 0 Å². The Bertz CT molecular complexity index is 1200. The first-order chi connectivity index (χ1) is 16.2. The van der Waals surface area contributed by atoms with E-state index in [1.165, 1.54) is 0 Å². The lowest BCUT2D eigenvalue weighted by molar-refractivity contribution is -0.136. The largest absolute Gasteiger partial charge is 0.385 e. The minimum Gasteiger partial charge on any atom is -0.385 e. The number of carbonyl (C=O) groups is 4. The minimum absolute atomic E-state index is 0.0699. The number of fused-ring (bicyclic) bond motifs is 1. The van der Waals surface area contributed by atoms with E-state index in [4.69, 9.17) is 11.6 Å². The summed E-state index contributed by atoms with van der Waals surface area (Å²) in [6.07, 6.45) is 1.13. The zero-order valence-electron chi connectivity index (χ0n) is 18.4. The van der Waals surface area contributed by atoms with Crippen LogP contribution in [0.15, 0.2) is 42.5 Å². The lowest BCUT2D eigenvalue weighted by atomic mass is 9.83. The van der Waals surface area contributed by atoms with Crippen LogP contribution in [0, 0.1) is 0 Å². The Kier molecular flexibility index (Phi) is 5.75. The van der Waals surface area contributed by atoms with E-state index in [1.54, 1.807) is 18.2 Å². The Morgan fingerprint density at radius 3 is 2.44 bits per heavy atom. The molecule has 2 aromatic carbocycles. The fourth-order valence-electron chi connectivity index (χ4n) is 5.02. The summed E-state index contributed by atoms with van der Waals surface area (Å²) < 4.78 is 0. The quantitative estimate of drug-likeness (QED) is 0.648. The molecule has 1 atom stereocenters. The van der Waals surface area contributed by atoms with E-state index in [2.05, 4.69) is 10.2 Å². The van der Waals surface area contributed by atoms with Crippen molar-refractivity contribution >= 4 is 35.2 Å². The molecular weight excluding hydrogens is 458 g/mol. The molecule has 4 amide bonds. The second-order valence-corrected chi connectivity index (χ2v) is 9.58. The Labute approximate surface area is 201 Å². The van der Waals surface area contributed by atoms with Gasteiger partial charge in [0.05, 0.1) is 16.7 Å². The highest BCUT2D eigenvalue weighted by atomic mass is 35.5. The number of likely N-dealkylation sites (tertiary alicyclic amines) is 1. The Morgan fingerprint density at radius 1 is 1.00 bits per heavy atom. The van der Waals surface area contributed by atoms with Crippen molar-refractivity contribution in [1.29, 1.82) is 0 Å². The number of amides is 4. The highest BCUT2D eigenvalue weighted by molar-refractivity contribution is 6.30. The molecule has 0 spiro atoms. The second-order valence-electron chi connectivity index (χ2n) is 9.15. The molecule has 9 heteroatoms. The van der Waals surface area contributed by atoms with Gasteiger partial charge in [-0.15, -0.1) is 0 Å². The highest BCUT2D eigenvalue weighted by Gasteiger charge is 2.45. The van der Waals surface area contributed by atoms with Crippen LogP contribution >= 0.6 is 11.6 Å². The molecule has 2 fully saturated rings. The molecule has 0 radical (unpaired) electrons. The second kappa shape index (κ2) is 8.61. The number of aliphatic hydroxyl groups is 1. The van der Waals surface area contributed by atoms with Gasteiger partial charge in [0.1, 0.15) is 6.04 Å². The van der Waals surface area contributed by atoms with E-state index in [1.807, 2.05) is 24.3 Å². The summed E-state index contributed by atoms with van der Waals surface area (Å²) in [5.41, 5.74) is 0.959. The normalized spacial score (nSPS) is 22.6. The van der Waals surface area contributed by atoms with Crippen LogP contribution in [0.25, 0.3) is 0 Å². The van der Waals surface area contributed by atoms with Crippen molar-refractivity contribution in [2.24, 2.45) is 0 Å². The number of rotatable bonds is 4. The molecule has 34 heavy (non-hydrogen) atoms. The lowest BCUT2D eigenvalue weighted by Crippen LogP contribution is -2.54. The smallest absolute Gasteiger partial charge is 0.262 e. The Balaban J connectivity index is 1.31. The van der Waals surface area contributed by atoms with E-state index < -0.39 is 35.3 Å². The molecular formula is C25H24ClN3O5.